The van der Waals surface area contributed by atoms with Crippen molar-refractivity contribution in [2.24, 2.45) is 5.92 Å². The first kappa shape index (κ1) is 15.0. The predicted octanol–water partition coefficient (Wildman–Crippen LogP) is -0.281. The number of urea groups is 1. The van der Waals surface area contributed by atoms with E-state index in [0.717, 1.165) is 0 Å². The number of benzene rings is 1. The number of carbonyl (C=O) groups is 2. The van der Waals surface area contributed by atoms with Crippen molar-refractivity contribution in [2.45, 2.75) is 18.8 Å². The van der Waals surface area contributed by atoms with Crippen LogP contribution in [0, 0.1) is 5.92 Å². The zero-order valence-corrected chi connectivity index (χ0v) is 12.7. The summed E-state index contributed by atoms with van der Waals surface area (Å²) in [5.74, 6) is -0.453. The van der Waals surface area contributed by atoms with Crippen LogP contribution in [0.25, 0.3) is 0 Å². The van der Waals surface area contributed by atoms with Crippen molar-refractivity contribution in [1.82, 2.24) is 26.0 Å². The van der Waals surface area contributed by atoms with Crippen molar-refractivity contribution in [3.05, 3.63) is 35.9 Å². The molecule has 2 aliphatic rings. The Morgan fingerprint density at radius 3 is 2.68 bits per heavy atom. The summed E-state index contributed by atoms with van der Waals surface area (Å²) in [5.41, 5.74) is 7.29. The average molecular weight is 303 g/mol. The number of fused-ring (bicyclic) bond motifs is 1. The van der Waals surface area contributed by atoms with Gasteiger partial charge in [0.25, 0.3) is 0 Å². The normalized spacial score (nSPS) is 28.7. The Hall–Kier alpha value is -1.96. The van der Waals surface area contributed by atoms with Crippen LogP contribution in [0.4, 0.5) is 4.79 Å². The maximum atomic E-state index is 12.5. The van der Waals surface area contributed by atoms with Crippen molar-refractivity contribution in [1.29, 1.82) is 0 Å². The number of nitrogens with zero attached hydrogens (tertiary/aromatic N) is 2. The second kappa shape index (κ2) is 6.04. The fourth-order valence-electron chi connectivity index (χ4n) is 3.07. The second-order valence-corrected chi connectivity index (χ2v) is 5.76. The minimum absolute atomic E-state index is 0.0445. The van der Waals surface area contributed by atoms with Gasteiger partial charge in [0.15, 0.2) is 0 Å². The maximum absolute atomic E-state index is 12.5. The van der Waals surface area contributed by atoms with Gasteiger partial charge in [0.1, 0.15) is 6.17 Å². The van der Waals surface area contributed by atoms with E-state index in [1.807, 2.05) is 30.3 Å². The van der Waals surface area contributed by atoms with Gasteiger partial charge in [-0.1, -0.05) is 30.3 Å². The summed E-state index contributed by atoms with van der Waals surface area (Å²) in [6.45, 7) is 1.31. The Morgan fingerprint density at radius 1 is 1.23 bits per heavy atom. The number of hydrazine groups is 1. The molecule has 2 heterocycles. The molecule has 1 aromatic rings. The van der Waals surface area contributed by atoms with Crippen LogP contribution in [-0.2, 0) is 11.3 Å². The third-order valence-electron chi connectivity index (χ3n) is 4.38. The third-order valence-corrected chi connectivity index (χ3v) is 4.38. The number of imide groups is 1. The summed E-state index contributed by atoms with van der Waals surface area (Å²) < 4.78 is 0. The predicted molar refractivity (Wildman–Crippen MR) is 81.4 cm³/mol. The van der Waals surface area contributed by atoms with E-state index in [9.17, 15) is 9.59 Å². The zero-order chi connectivity index (χ0) is 15.7. The van der Waals surface area contributed by atoms with Crippen LogP contribution < -0.4 is 16.2 Å². The smallest absolute Gasteiger partial charge is 0.310 e. The molecule has 7 heteroatoms. The molecular weight excluding hydrogens is 282 g/mol. The lowest BCUT2D eigenvalue weighted by atomic mass is 9.90. The van der Waals surface area contributed by atoms with Gasteiger partial charge in [0.2, 0.25) is 5.91 Å². The second-order valence-electron chi connectivity index (χ2n) is 5.76. The van der Waals surface area contributed by atoms with Gasteiger partial charge in [-0.05, 0) is 5.56 Å². The van der Waals surface area contributed by atoms with E-state index in [1.165, 1.54) is 17.5 Å². The third kappa shape index (κ3) is 2.58. The fraction of sp³-hybridized carbons (Fsp3) is 0.467. The molecule has 118 valence electrons. The number of amides is 3. The largest absolute Gasteiger partial charge is 0.327 e. The molecule has 3 N–H and O–H groups in total. The monoisotopic (exact) mass is 303 g/mol. The number of nitrogens with one attached hydrogen (secondary N) is 3. The lowest BCUT2D eigenvalue weighted by Gasteiger charge is -2.47. The molecule has 2 saturated heterocycles. The Kier molecular flexibility index (Phi) is 4.10. The van der Waals surface area contributed by atoms with Crippen molar-refractivity contribution in [2.75, 3.05) is 20.6 Å². The number of hydrogen-bond donors (Lipinski definition) is 3. The quantitative estimate of drug-likeness (QED) is 0.716. The number of carbonyl (C=O) groups excluding carboxylic acids is 2. The number of hydrogen-bond acceptors (Lipinski definition) is 5. The van der Waals surface area contributed by atoms with Crippen LogP contribution in [0.1, 0.15) is 5.56 Å². The Balaban J connectivity index is 1.74. The molecule has 0 spiro atoms. The zero-order valence-electron chi connectivity index (χ0n) is 12.7. The van der Waals surface area contributed by atoms with Crippen molar-refractivity contribution < 1.29 is 9.59 Å². The van der Waals surface area contributed by atoms with Gasteiger partial charge < -0.3 is 10.2 Å². The van der Waals surface area contributed by atoms with Gasteiger partial charge in [0.05, 0.1) is 5.92 Å². The van der Waals surface area contributed by atoms with Gasteiger partial charge in [-0.2, -0.15) is 0 Å². The fourth-order valence-corrected chi connectivity index (χ4v) is 3.07. The lowest BCUT2D eigenvalue weighted by Crippen LogP contribution is -2.74. The van der Waals surface area contributed by atoms with E-state index >= 15 is 0 Å². The summed E-state index contributed by atoms with van der Waals surface area (Å²) in [6, 6.07) is 9.72. The molecule has 3 amide bonds. The highest BCUT2D eigenvalue weighted by Gasteiger charge is 2.48. The minimum Gasteiger partial charge on any atom is -0.310 e. The van der Waals surface area contributed by atoms with Gasteiger partial charge >= 0.3 is 6.03 Å². The summed E-state index contributed by atoms with van der Waals surface area (Å²) >= 11 is 0. The molecule has 3 atom stereocenters. The molecule has 0 aliphatic carbocycles. The van der Waals surface area contributed by atoms with E-state index in [-0.39, 0.29) is 30.1 Å². The molecular formula is C15H21N5O2. The Labute approximate surface area is 129 Å². The van der Waals surface area contributed by atoms with Crippen molar-refractivity contribution in [3.8, 4) is 0 Å². The summed E-state index contributed by atoms with van der Waals surface area (Å²) in [6.07, 6.45) is -0.335. The van der Waals surface area contributed by atoms with Gasteiger partial charge in [0, 0.05) is 33.2 Å². The maximum Gasteiger partial charge on any atom is 0.327 e. The van der Waals surface area contributed by atoms with Gasteiger partial charge in [-0.25, -0.2) is 10.2 Å². The molecule has 3 rings (SSSR count). The minimum atomic E-state index is -0.335. The number of rotatable bonds is 3. The van der Waals surface area contributed by atoms with E-state index in [4.69, 9.17) is 0 Å². The molecule has 2 fully saturated rings. The first-order chi connectivity index (χ1) is 10.6. The molecule has 2 aliphatic heterocycles. The van der Waals surface area contributed by atoms with Crippen LogP contribution in [0.3, 0.4) is 0 Å². The summed E-state index contributed by atoms with van der Waals surface area (Å²) in [7, 11) is 3.24. The van der Waals surface area contributed by atoms with Gasteiger partial charge in [-0.15, -0.1) is 0 Å². The van der Waals surface area contributed by atoms with E-state index in [2.05, 4.69) is 16.2 Å². The van der Waals surface area contributed by atoms with E-state index in [1.54, 1.807) is 11.9 Å². The molecule has 1 aromatic carbocycles. The van der Waals surface area contributed by atoms with E-state index < -0.39 is 0 Å². The molecule has 0 aromatic heterocycles. The highest BCUT2D eigenvalue weighted by molar-refractivity contribution is 5.98. The van der Waals surface area contributed by atoms with Gasteiger partial charge in [-0.3, -0.25) is 15.1 Å². The molecule has 22 heavy (non-hydrogen) atoms. The average Bonchev–Trinajstić information content (AvgIpc) is 2.56. The highest BCUT2D eigenvalue weighted by atomic mass is 16.2. The standard InChI is InChI=1S/C15H21N5O2/c1-19-13-12(14(21)20(2)15(19)22)11(9-17-18-13)16-8-10-6-4-3-5-7-10/h3-7,11-13,16-18H,8-9H2,1-2H3. The Bertz CT molecular complexity index is 564. The molecule has 0 radical (unpaired) electrons. The summed E-state index contributed by atoms with van der Waals surface area (Å²) in [5, 5.41) is 3.44. The molecule has 3 unspecified atom stereocenters. The van der Waals surface area contributed by atoms with Crippen LogP contribution in [0.2, 0.25) is 0 Å². The van der Waals surface area contributed by atoms with Crippen molar-refractivity contribution in [3.63, 3.8) is 0 Å². The van der Waals surface area contributed by atoms with Crippen LogP contribution in [-0.4, -0.2) is 54.6 Å². The SMILES string of the molecule is CN1C(=O)C2C(NCc3ccccc3)CNNC2N(C)C1=O. The van der Waals surface area contributed by atoms with Crippen LogP contribution in [0.15, 0.2) is 30.3 Å². The van der Waals surface area contributed by atoms with Crippen LogP contribution >= 0.6 is 0 Å². The molecule has 0 saturated carbocycles. The first-order valence-electron chi connectivity index (χ1n) is 7.39. The lowest BCUT2D eigenvalue weighted by molar-refractivity contribution is -0.141. The highest BCUT2D eigenvalue weighted by Crippen LogP contribution is 2.24. The molecule has 0 bridgehead atoms. The summed E-state index contributed by atoms with van der Waals surface area (Å²) in [4.78, 5) is 27.3. The van der Waals surface area contributed by atoms with Crippen LogP contribution in [0.5, 0.6) is 0 Å². The topological polar surface area (TPSA) is 76.7 Å². The Morgan fingerprint density at radius 2 is 1.95 bits per heavy atom. The van der Waals surface area contributed by atoms with Crippen molar-refractivity contribution >= 4 is 11.9 Å². The molecule has 7 nitrogen and oxygen atoms in total. The van der Waals surface area contributed by atoms with E-state index in [0.29, 0.717) is 13.1 Å². The first-order valence-corrected chi connectivity index (χ1v) is 7.39.